The van der Waals surface area contributed by atoms with Gasteiger partial charge in [-0.15, -0.1) is 0 Å². The van der Waals surface area contributed by atoms with Crippen molar-refractivity contribution in [2.75, 3.05) is 5.73 Å². The van der Waals surface area contributed by atoms with Crippen molar-refractivity contribution in [3.05, 3.63) is 35.7 Å². The number of nitrogens with one attached hydrogen (secondary N) is 1. The van der Waals surface area contributed by atoms with Crippen LogP contribution in [0.15, 0.2) is 34.9 Å². The maximum absolute atomic E-state index is 5.88. The number of benzene rings is 1. The SMILES string of the molecule is Nc1ccc2nc(-c3ccoc3Cl)[nH]c2c1. The highest BCUT2D eigenvalue weighted by Gasteiger charge is 2.10. The summed E-state index contributed by atoms with van der Waals surface area (Å²) >= 11 is 5.88. The van der Waals surface area contributed by atoms with Gasteiger partial charge in [0.25, 0.3) is 0 Å². The maximum Gasteiger partial charge on any atom is 0.203 e. The monoisotopic (exact) mass is 233 g/mol. The van der Waals surface area contributed by atoms with Crippen molar-refractivity contribution in [3.63, 3.8) is 0 Å². The van der Waals surface area contributed by atoms with Gasteiger partial charge in [0, 0.05) is 5.69 Å². The predicted octanol–water partition coefficient (Wildman–Crippen LogP) is 3.06. The summed E-state index contributed by atoms with van der Waals surface area (Å²) in [5, 5.41) is 0.326. The largest absolute Gasteiger partial charge is 0.452 e. The lowest BCUT2D eigenvalue weighted by Gasteiger charge is -1.90. The molecule has 1 aromatic carbocycles. The van der Waals surface area contributed by atoms with Gasteiger partial charge in [-0.3, -0.25) is 0 Å². The molecular formula is C11H8ClN3O. The highest BCUT2D eigenvalue weighted by Crippen LogP contribution is 2.28. The highest BCUT2D eigenvalue weighted by atomic mass is 35.5. The van der Waals surface area contributed by atoms with E-state index in [9.17, 15) is 0 Å². The van der Waals surface area contributed by atoms with Gasteiger partial charge in [-0.25, -0.2) is 4.98 Å². The second-order valence-electron chi connectivity index (χ2n) is 3.47. The van der Waals surface area contributed by atoms with Crippen molar-refractivity contribution < 1.29 is 4.42 Å². The smallest absolute Gasteiger partial charge is 0.203 e. The van der Waals surface area contributed by atoms with Crippen LogP contribution in [0.5, 0.6) is 0 Å². The molecule has 2 aromatic heterocycles. The van der Waals surface area contributed by atoms with Gasteiger partial charge in [0.15, 0.2) is 0 Å². The number of imidazole rings is 1. The fourth-order valence-electron chi connectivity index (χ4n) is 1.62. The summed E-state index contributed by atoms with van der Waals surface area (Å²) in [7, 11) is 0. The van der Waals surface area contributed by atoms with Gasteiger partial charge in [-0.1, -0.05) is 0 Å². The molecule has 0 bridgehead atoms. The molecule has 80 valence electrons. The van der Waals surface area contributed by atoms with Crippen LogP contribution in [0, 0.1) is 0 Å². The number of fused-ring (bicyclic) bond motifs is 1. The van der Waals surface area contributed by atoms with Crippen molar-refractivity contribution in [3.8, 4) is 11.4 Å². The van der Waals surface area contributed by atoms with E-state index in [1.54, 1.807) is 6.07 Å². The number of furan rings is 1. The first kappa shape index (κ1) is 9.30. The predicted molar refractivity (Wildman–Crippen MR) is 63.2 cm³/mol. The van der Waals surface area contributed by atoms with E-state index in [1.165, 1.54) is 6.26 Å². The Labute approximate surface area is 96.0 Å². The zero-order valence-corrected chi connectivity index (χ0v) is 8.95. The van der Waals surface area contributed by atoms with Crippen LogP contribution in [0.4, 0.5) is 5.69 Å². The normalized spacial score (nSPS) is 11.1. The first-order valence-electron chi connectivity index (χ1n) is 4.72. The van der Waals surface area contributed by atoms with Crippen LogP contribution in [-0.2, 0) is 0 Å². The summed E-state index contributed by atoms with van der Waals surface area (Å²) in [6.07, 6.45) is 1.53. The molecular weight excluding hydrogens is 226 g/mol. The van der Waals surface area contributed by atoms with E-state index in [4.69, 9.17) is 21.8 Å². The third-order valence-corrected chi connectivity index (χ3v) is 2.67. The Morgan fingerprint density at radius 1 is 1.31 bits per heavy atom. The fourth-order valence-corrected chi connectivity index (χ4v) is 1.82. The zero-order valence-electron chi connectivity index (χ0n) is 8.20. The van der Waals surface area contributed by atoms with Crippen LogP contribution in [0.2, 0.25) is 5.22 Å². The van der Waals surface area contributed by atoms with Crippen LogP contribution in [-0.4, -0.2) is 9.97 Å². The molecule has 0 fully saturated rings. The number of hydrogen-bond acceptors (Lipinski definition) is 3. The summed E-state index contributed by atoms with van der Waals surface area (Å²) in [5.41, 5.74) is 8.86. The standard InChI is InChI=1S/C11H8ClN3O/c12-10-7(3-4-16-10)11-14-8-2-1-6(13)5-9(8)15-11/h1-5H,13H2,(H,14,15). The van der Waals surface area contributed by atoms with Gasteiger partial charge < -0.3 is 15.1 Å². The maximum atomic E-state index is 5.88. The Bertz CT molecular complexity index is 656. The average Bonchev–Trinajstić information content (AvgIpc) is 2.82. The molecule has 0 atom stereocenters. The summed E-state index contributed by atoms with van der Waals surface area (Å²) in [6.45, 7) is 0. The molecule has 4 nitrogen and oxygen atoms in total. The molecule has 3 aromatic rings. The third kappa shape index (κ3) is 1.35. The van der Waals surface area contributed by atoms with Crippen LogP contribution in [0.1, 0.15) is 0 Å². The summed E-state index contributed by atoms with van der Waals surface area (Å²) in [6, 6.07) is 7.27. The lowest BCUT2D eigenvalue weighted by Crippen LogP contribution is -1.82. The molecule has 2 heterocycles. The minimum Gasteiger partial charge on any atom is -0.452 e. The minimum absolute atomic E-state index is 0.326. The first-order chi connectivity index (χ1) is 7.74. The van der Waals surface area contributed by atoms with Crippen LogP contribution >= 0.6 is 11.6 Å². The molecule has 0 unspecified atom stereocenters. The van der Waals surface area contributed by atoms with Gasteiger partial charge in [0.1, 0.15) is 5.82 Å². The Morgan fingerprint density at radius 2 is 2.19 bits per heavy atom. The molecule has 0 aliphatic rings. The summed E-state index contributed by atoms with van der Waals surface area (Å²) < 4.78 is 5.02. The van der Waals surface area contributed by atoms with Crippen molar-refractivity contribution in [2.24, 2.45) is 0 Å². The quantitative estimate of drug-likeness (QED) is 0.635. The molecule has 0 saturated heterocycles. The average molecular weight is 234 g/mol. The number of rotatable bonds is 1. The van der Waals surface area contributed by atoms with Crippen LogP contribution in [0.25, 0.3) is 22.4 Å². The number of halogens is 1. The lowest BCUT2D eigenvalue weighted by atomic mass is 10.3. The Balaban J connectivity index is 2.23. The van der Waals surface area contributed by atoms with E-state index < -0.39 is 0 Å². The number of nitrogens with two attached hydrogens (primary N) is 1. The number of aromatic nitrogens is 2. The molecule has 16 heavy (non-hydrogen) atoms. The number of anilines is 1. The number of H-pyrrole nitrogens is 1. The van der Waals surface area contributed by atoms with E-state index in [-0.39, 0.29) is 0 Å². The fraction of sp³-hybridized carbons (Fsp3) is 0. The molecule has 3 N–H and O–H groups in total. The van der Waals surface area contributed by atoms with E-state index in [0.717, 1.165) is 16.6 Å². The van der Waals surface area contributed by atoms with Crippen molar-refractivity contribution >= 4 is 28.3 Å². The second kappa shape index (κ2) is 3.28. The first-order valence-corrected chi connectivity index (χ1v) is 5.10. The molecule has 0 radical (unpaired) electrons. The van der Waals surface area contributed by atoms with Crippen LogP contribution < -0.4 is 5.73 Å². The van der Waals surface area contributed by atoms with Gasteiger partial charge in [-0.2, -0.15) is 0 Å². The number of nitrogen functional groups attached to an aromatic ring is 1. The second-order valence-corrected chi connectivity index (χ2v) is 3.81. The molecule has 0 amide bonds. The van der Waals surface area contributed by atoms with Gasteiger partial charge >= 0.3 is 0 Å². The third-order valence-electron chi connectivity index (χ3n) is 2.38. The Hall–Kier alpha value is -1.94. The Kier molecular flexibility index (Phi) is 1.91. The zero-order chi connectivity index (χ0) is 11.1. The molecule has 0 saturated carbocycles. The molecule has 5 heteroatoms. The summed E-state index contributed by atoms with van der Waals surface area (Å²) in [4.78, 5) is 7.55. The van der Waals surface area contributed by atoms with E-state index >= 15 is 0 Å². The van der Waals surface area contributed by atoms with E-state index in [1.807, 2.05) is 18.2 Å². The number of nitrogens with zero attached hydrogens (tertiary/aromatic N) is 1. The van der Waals surface area contributed by atoms with Crippen molar-refractivity contribution in [1.29, 1.82) is 0 Å². The van der Waals surface area contributed by atoms with Gasteiger partial charge in [0.2, 0.25) is 5.22 Å². The Morgan fingerprint density at radius 3 is 2.94 bits per heavy atom. The van der Waals surface area contributed by atoms with Crippen molar-refractivity contribution in [1.82, 2.24) is 9.97 Å². The molecule has 0 aliphatic heterocycles. The summed E-state index contributed by atoms with van der Waals surface area (Å²) in [5.74, 6) is 0.680. The molecule has 3 rings (SSSR count). The van der Waals surface area contributed by atoms with Crippen LogP contribution in [0.3, 0.4) is 0 Å². The number of hydrogen-bond donors (Lipinski definition) is 2. The van der Waals surface area contributed by atoms with E-state index in [0.29, 0.717) is 16.7 Å². The molecule has 0 aliphatic carbocycles. The van der Waals surface area contributed by atoms with Gasteiger partial charge in [-0.05, 0) is 35.9 Å². The lowest BCUT2D eigenvalue weighted by molar-refractivity contribution is 0.570. The molecule has 0 spiro atoms. The topological polar surface area (TPSA) is 67.8 Å². The highest BCUT2D eigenvalue weighted by molar-refractivity contribution is 6.31. The number of aromatic amines is 1. The van der Waals surface area contributed by atoms with Crippen molar-refractivity contribution in [2.45, 2.75) is 0 Å². The van der Waals surface area contributed by atoms with Gasteiger partial charge in [0.05, 0.1) is 22.9 Å². The van der Waals surface area contributed by atoms with E-state index in [2.05, 4.69) is 9.97 Å². The minimum atomic E-state index is 0.326.